The van der Waals surface area contributed by atoms with Gasteiger partial charge in [0.15, 0.2) is 0 Å². The number of pyridine rings is 1. The van der Waals surface area contributed by atoms with Crippen LogP contribution in [0.4, 0.5) is 0 Å². The summed E-state index contributed by atoms with van der Waals surface area (Å²) in [6.45, 7) is 22.6. The van der Waals surface area contributed by atoms with Gasteiger partial charge in [0.2, 0.25) is 0 Å². The van der Waals surface area contributed by atoms with Crippen LogP contribution in [0.25, 0.3) is 39.0 Å². The van der Waals surface area contributed by atoms with Gasteiger partial charge in [0.1, 0.15) is 5.82 Å². The van der Waals surface area contributed by atoms with E-state index >= 15 is 0 Å². The van der Waals surface area contributed by atoms with E-state index in [0.29, 0.717) is 11.5 Å². The minimum Gasteiger partial charge on any atom is -0.510 e. The Balaban J connectivity index is 0.00000560. The molecule has 0 saturated carbocycles. The zero-order valence-electron chi connectivity index (χ0n) is 38.5. The third-order valence-corrected chi connectivity index (χ3v) is 12.7. The summed E-state index contributed by atoms with van der Waals surface area (Å²) in [5.41, 5.74) is 10.6. The van der Waals surface area contributed by atoms with Crippen LogP contribution >= 0.6 is 0 Å². The minimum absolute atomic E-state index is 0. The zero-order chi connectivity index (χ0) is 44.3. The molecule has 0 atom stereocenters. The molecule has 64 heavy (non-hydrogen) atoms. The van der Waals surface area contributed by atoms with Crippen molar-refractivity contribution in [2.75, 3.05) is 0 Å². The molecule has 3 heterocycles. The molecule has 6 aromatic carbocycles. The molecule has 9 rings (SSSR count). The van der Waals surface area contributed by atoms with Gasteiger partial charge in [0, 0.05) is 61.3 Å². The summed E-state index contributed by atoms with van der Waals surface area (Å²) in [4.78, 5) is 4.99. The number of nitrogens with zero attached hydrogens (tertiary/aromatic N) is 4. The third-order valence-electron chi connectivity index (χ3n) is 12.7. The number of imidazole rings is 1. The number of fused-ring (bicyclic) bond motifs is 3. The van der Waals surface area contributed by atoms with E-state index in [4.69, 9.17) is 9.72 Å². The topological polar surface area (TPSA) is 35.9 Å². The van der Waals surface area contributed by atoms with E-state index in [1.54, 1.807) is 0 Å². The molecule has 0 aliphatic carbocycles. The largest absolute Gasteiger partial charge is 0.510 e. The summed E-state index contributed by atoms with van der Waals surface area (Å²) in [7, 11) is 0. The van der Waals surface area contributed by atoms with E-state index < -0.39 is 0 Å². The number of benzene rings is 6. The van der Waals surface area contributed by atoms with E-state index in [9.17, 15) is 0 Å². The molecule has 0 aliphatic heterocycles. The summed E-state index contributed by atoms with van der Waals surface area (Å²) in [6, 6.07) is 58.7. The number of hydrogen-bond donors (Lipinski definition) is 0. The molecule has 6 heteroatoms. The molecule has 0 spiro atoms. The number of hydrogen-bond acceptors (Lipinski definition) is 2. The molecule has 0 saturated heterocycles. The molecular formula is C58H56N4OPt-2. The number of rotatable bonds is 9. The Hall–Kier alpha value is -6.03. The predicted molar refractivity (Wildman–Crippen MR) is 257 cm³/mol. The van der Waals surface area contributed by atoms with Crippen LogP contribution in [0.2, 0.25) is 0 Å². The van der Waals surface area contributed by atoms with Crippen molar-refractivity contribution >= 4 is 21.8 Å². The molecule has 0 amide bonds. The fraction of sp³-hybridized carbons (Fsp3) is 0.241. The van der Waals surface area contributed by atoms with Crippen molar-refractivity contribution in [3.63, 3.8) is 0 Å². The monoisotopic (exact) mass is 1020 g/mol. The molecule has 0 bridgehead atoms. The van der Waals surface area contributed by atoms with Crippen LogP contribution in [-0.2, 0) is 42.7 Å². The van der Waals surface area contributed by atoms with Crippen LogP contribution in [0.5, 0.6) is 11.5 Å². The normalized spacial score (nSPS) is 12.4. The van der Waals surface area contributed by atoms with Gasteiger partial charge in [0.25, 0.3) is 6.33 Å². The summed E-state index contributed by atoms with van der Waals surface area (Å²) < 4.78 is 13.1. The van der Waals surface area contributed by atoms with Crippen molar-refractivity contribution in [2.24, 2.45) is 0 Å². The standard InChI is InChI=1S/C58H56N4O.Pt/c1-55(2,3)42-27-30-51-50(34-42)49-29-28-48(37-52(49)62(51)54-35-44(31-32-59-54)58(9,10)41-21-15-12-16-22-41)63-47-26-18-24-45(36-47)60-38-53(56(4,5)6)61(39-60)46-25-17-23-43(33-46)57(7,8)40-19-13-11-14-20-40;/h11-35,38H,1-10H3;/q-2;. The molecule has 5 nitrogen and oxygen atoms in total. The average molecular weight is 1020 g/mol. The molecule has 0 fully saturated rings. The second kappa shape index (κ2) is 16.8. The second-order valence-electron chi connectivity index (χ2n) is 19.9. The van der Waals surface area contributed by atoms with E-state index in [0.717, 1.165) is 44.7 Å². The van der Waals surface area contributed by atoms with Crippen molar-refractivity contribution in [1.82, 2.24) is 14.1 Å². The van der Waals surface area contributed by atoms with Crippen LogP contribution in [-0.4, -0.2) is 14.1 Å². The van der Waals surface area contributed by atoms with Gasteiger partial charge in [-0.05, 0) is 80.1 Å². The summed E-state index contributed by atoms with van der Waals surface area (Å²) in [5.74, 6) is 2.02. The molecule has 0 unspecified atom stereocenters. The van der Waals surface area contributed by atoms with Crippen LogP contribution in [0, 0.1) is 18.5 Å². The van der Waals surface area contributed by atoms with Gasteiger partial charge in [0.05, 0.1) is 11.4 Å². The minimum atomic E-state index is -0.233. The molecule has 0 radical (unpaired) electrons. The molecular weight excluding hydrogens is 964 g/mol. The van der Waals surface area contributed by atoms with Crippen LogP contribution in [0.15, 0.2) is 158 Å². The molecule has 326 valence electrons. The van der Waals surface area contributed by atoms with Crippen molar-refractivity contribution in [1.29, 1.82) is 0 Å². The van der Waals surface area contributed by atoms with Crippen LogP contribution in [0.3, 0.4) is 0 Å². The van der Waals surface area contributed by atoms with Gasteiger partial charge in [-0.25, -0.2) is 4.98 Å². The summed E-state index contributed by atoms with van der Waals surface area (Å²) in [6.07, 6.45) is 7.75. The maximum absolute atomic E-state index is 6.65. The van der Waals surface area contributed by atoms with E-state index in [-0.39, 0.29) is 42.7 Å². The molecule has 9 aromatic rings. The Morgan fingerprint density at radius 1 is 0.531 bits per heavy atom. The van der Waals surface area contributed by atoms with Crippen molar-refractivity contribution in [3.05, 3.63) is 210 Å². The first-order chi connectivity index (χ1) is 30.0. The van der Waals surface area contributed by atoms with Gasteiger partial charge in [-0.2, -0.15) is 18.2 Å². The first kappa shape index (κ1) is 44.6. The Bertz CT molecular complexity index is 3110. The Morgan fingerprint density at radius 2 is 1.16 bits per heavy atom. The quantitative estimate of drug-likeness (QED) is 0.107. The SMILES string of the molecule is CC(C)(C)c1ccc2c(c1)c1ccc(Oc3[c-]c(-n4[c-][n+](-c5cccc(C(C)(C)c6ccccc6)c5)c(C(C)(C)C)c4)ccc3)[c-]c1n2-c1cc(C(C)(C)c2ccccc2)ccn1.[Pt]. The third kappa shape index (κ3) is 8.39. The van der Waals surface area contributed by atoms with Gasteiger partial charge in [-0.15, -0.1) is 29.7 Å². The number of ether oxygens (including phenoxy) is 1. The molecule has 0 aliphatic rings. The predicted octanol–water partition coefficient (Wildman–Crippen LogP) is 13.7. The van der Waals surface area contributed by atoms with E-state index in [1.807, 2.05) is 35.0 Å². The summed E-state index contributed by atoms with van der Waals surface area (Å²) >= 11 is 0. The van der Waals surface area contributed by atoms with Crippen molar-refractivity contribution in [2.45, 2.75) is 90.9 Å². The Labute approximate surface area is 393 Å². The van der Waals surface area contributed by atoms with E-state index in [2.05, 4.69) is 224 Å². The maximum Gasteiger partial charge on any atom is 0.267 e. The zero-order valence-corrected chi connectivity index (χ0v) is 40.8. The van der Waals surface area contributed by atoms with Gasteiger partial charge >= 0.3 is 0 Å². The van der Waals surface area contributed by atoms with Crippen LogP contribution in [0.1, 0.15) is 103 Å². The van der Waals surface area contributed by atoms with Gasteiger partial charge in [-0.1, -0.05) is 160 Å². The Kier molecular flexibility index (Phi) is 11.7. The first-order valence-corrected chi connectivity index (χ1v) is 22.0. The Morgan fingerprint density at radius 3 is 1.81 bits per heavy atom. The smallest absolute Gasteiger partial charge is 0.267 e. The van der Waals surface area contributed by atoms with Crippen molar-refractivity contribution in [3.8, 4) is 28.7 Å². The average Bonchev–Trinajstić information content (AvgIpc) is 3.88. The van der Waals surface area contributed by atoms with Gasteiger partial charge < -0.3 is 13.9 Å². The van der Waals surface area contributed by atoms with E-state index in [1.165, 1.54) is 27.8 Å². The molecule has 0 N–H and O–H groups in total. The van der Waals surface area contributed by atoms with Crippen molar-refractivity contribution < 1.29 is 30.4 Å². The second-order valence-corrected chi connectivity index (χ2v) is 19.9. The fourth-order valence-electron chi connectivity index (χ4n) is 8.67. The summed E-state index contributed by atoms with van der Waals surface area (Å²) in [5, 5.41) is 2.25. The maximum atomic E-state index is 6.65. The first-order valence-electron chi connectivity index (χ1n) is 22.0. The molecule has 3 aromatic heterocycles. The number of aromatic nitrogens is 4. The van der Waals surface area contributed by atoms with Crippen LogP contribution < -0.4 is 9.30 Å². The van der Waals surface area contributed by atoms with Gasteiger partial charge in [-0.3, -0.25) is 4.57 Å². The fourth-order valence-corrected chi connectivity index (χ4v) is 8.67.